The number of hydrogen-bond acceptors (Lipinski definition) is 4. The zero-order valence-electron chi connectivity index (χ0n) is 15.3. The van der Waals surface area contributed by atoms with Crippen molar-refractivity contribution in [3.05, 3.63) is 86.9 Å². The van der Waals surface area contributed by atoms with E-state index in [1.807, 2.05) is 55.5 Å². The first-order valence-electron chi connectivity index (χ1n) is 8.81. The predicted molar refractivity (Wildman–Crippen MR) is 124 cm³/mol. The van der Waals surface area contributed by atoms with Crippen molar-refractivity contribution in [2.45, 2.75) is 13.0 Å². The summed E-state index contributed by atoms with van der Waals surface area (Å²) in [5.41, 5.74) is 1.84. The maximum absolute atomic E-state index is 13.0. The Morgan fingerprint density at radius 3 is 2.55 bits per heavy atom. The molecule has 29 heavy (non-hydrogen) atoms. The molecule has 146 valence electrons. The van der Waals surface area contributed by atoms with Crippen LogP contribution in [0.4, 0.5) is 0 Å². The largest absolute Gasteiger partial charge is 0.457 e. The quantitative estimate of drug-likeness (QED) is 0.304. The summed E-state index contributed by atoms with van der Waals surface area (Å²) in [6.07, 6.45) is 1.72. The average molecular weight is 460 g/mol. The molecule has 0 bridgehead atoms. The Labute approximate surface area is 188 Å². The Morgan fingerprint density at radius 1 is 1.07 bits per heavy atom. The van der Waals surface area contributed by atoms with Crippen molar-refractivity contribution in [3.63, 3.8) is 0 Å². The molecule has 0 aliphatic carbocycles. The summed E-state index contributed by atoms with van der Waals surface area (Å²) in [5, 5.41) is 0.941. The van der Waals surface area contributed by atoms with Crippen LogP contribution in [0.15, 0.2) is 70.0 Å². The molecular formula is C22H15Cl2NO2S2. The molecule has 4 rings (SSSR count). The molecular weight excluding hydrogens is 445 g/mol. The summed E-state index contributed by atoms with van der Waals surface area (Å²) < 4.78 is 6.42. The van der Waals surface area contributed by atoms with Gasteiger partial charge in [0, 0.05) is 11.6 Å². The van der Waals surface area contributed by atoms with Crippen molar-refractivity contribution >= 4 is 63.5 Å². The van der Waals surface area contributed by atoms with E-state index >= 15 is 0 Å². The van der Waals surface area contributed by atoms with Crippen LogP contribution in [0.5, 0.6) is 0 Å². The Morgan fingerprint density at radius 2 is 1.83 bits per heavy atom. The van der Waals surface area contributed by atoms with Crippen LogP contribution in [0, 0.1) is 0 Å². The van der Waals surface area contributed by atoms with Crippen molar-refractivity contribution in [3.8, 4) is 11.3 Å². The van der Waals surface area contributed by atoms with Crippen LogP contribution in [0.3, 0.4) is 0 Å². The summed E-state index contributed by atoms with van der Waals surface area (Å²) >= 11 is 18.8. The predicted octanol–water partition coefficient (Wildman–Crippen LogP) is 7.22. The van der Waals surface area contributed by atoms with Crippen LogP contribution >= 0.6 is 47.2 Å². The van der Waals surface area contributed by atoms with Crippen LogP contribution in [-0.2, 0) is 4.79 Å². The number of carbonyl (C=O) groups excluding carboxylic acids is 1. The topological polar surface area (TPSA) is 33.5 Å². The van der Waals surface area contributed by atoms with Crippen LogP contribution < -0.4 is 0 Å². The molecule has 2 heterocycles. The van der Waals surface area contributed by atoms with E-state index in [0.29, 0.717) is 30.8 Å². The van der Waals surface area contributed by atoms with Crippen molar-refractivity contribution in [1.82, 2.24) is 4.90 Å². The lowest BCUT2D eigenvalue weighted by molar-refractivity contribution is -0.123. The molecule has 1 fully saturated rings. The Kier molecular flexibility index (Phi) is 5.83. The summed E-state index contributed by atoms with van der Waals surface area (Å²) in [6.45, 7) is 1.97. The van der Waals surface area contributed by atoms with Gasteiger partial charge in [0.05, 0.1) is 21.0 Å². The molecule has 7 heteroatoms. The third-order valence-electron chi connectivity index (χ3n) is 4.60. The van der Waals surface area contributed by atoms with Gasteiger partial charge < -0.3 is 4.42 Å². The molecule has 1 amide bonds. The molecule has 0 saturated carbocycles. The van der Waals surface area contributed by atoms with Crippen molar-refractivity contribution in [2.24, 2.45) is 0 Å². The molecule has 0 radical (unpaired) electrons. The lowest BCUT2D eigenvalue weighted by Crippen LogP contribution is -2.30. The van der Waals surface area contributed by atoms with Gasteiger partial charge in [-0.25, -0.2) is 0 Å². The molecule has 1 atom stereocenters. The van der Waals surface area contributed by atoms with Crippen LogP contribution in [-0.4, -0.2) is 15.1 Å². The SMILES string of the molecule is CC(c1ccccc1)N1C(=O)/C(=C/c2ccc(-c3ccc(Cl)c(Cl)c3)o2)SC1=S. The first kappa shape index (κ1) is 20.2. The monoisotopic (exact) mass is 459 g/mol. The van der Waals surface area contributed by atoms with Gasteiger partial charge in [0.15, 0.2) is 0 Å². The molecule has 2 aromatic carbocycles. The number of rotatable bonds is 4. The number of furan rings is 1. The van der Waals surface area contributed by atoms with Gasteiger partial charge in [-0.1, -0.05) is 77.5 Å². The van der Waals surface area contributed by atoms with Gasteiger partial charge in [-0.2, -0.15) is 0 Å². The van der Waals surface area contributed by atoms with Crippen LogP contribution in [0.1, 0.15) is 24.3 Å². The highest BCUT2D eigenvalue weighted by Crippen LogP contribution is 2.38. The number of thioether (sulfide) groups is 1. The smallest absolute Gasteiger partial charge is 0.266 e. The first-order chi connectivity index (χ1) is 13.9. The number of carbonyl (C=O) groups is 1. The number of nitrogens with zero attached hydrogens (tertiary/aromatic N) is 1. The maximum atomic E-state index is 13.0. The second-order valence-corrected chi connectivity index (χ2v) is 8.96. The molecule has 1 aliphatic rings. The van der Waals surface area contributed by atoms with E-state index in [0.717, 1.165) is 11.1 Å². The third kappa shape index (κ3) is 4.14. The van der Waals surface area contributed by atoms with Gasteiger partial charge in [-0.15, -0.1) is 0 Å². The van der Waals surface area contributed by atoms with Gasteiger partial charge in [0.25, 0.3) is 5.91 Å². The normalized spacial score (nSPS) is 16.7. The minimum Gasteiger partial charge on any atom is -0.457 e. The highest BCUT2D eigenvalue weighted by molar-refractivity contribution is 8.26. The van der Waals surface area contributed by atoms with E-state index in [9.17, 15) is 4.79 Å². The average Bonchev–Trinajstić information content (AvgIpc) is 3.29. The van der Waals surface area contributed by atoms with Gasteiger partial charge in [0.2, 0.25) is 0 Å². The molecule has 0 N–H and O–H groups in total. The number of benzene rings is 2. The highest BCUT2D eigenvalue weighted by Gasteiger charge is 2.36. The lowest BCUT2D eigenvalue weighted by Gasteiger charge is -2.23. The molecule has 1 aromatic heterocycles. The Bertz CT molecular complexity index is 1120. The van der Waals surface area contributed by atoms with Gasteiger partial charge >= 0.3 is 0 Å². The molecule has 1 saturated heterocycles. The second-order valence-electron chi connectivity index (χ2n) is 6.47. The van der Waals surface area contributed by atoms with Crippen LogP contribution in [0.2, 0.25) is 10.0 Å². The molecule has 1 unspecified atom stereocenters. The third-order valence-corrected chi connectivity index (χ3v) is 6.67. The minimum absolute atomic E-state index is 0.121. The first-order valence-corrected chi connectivity index (χ1v) is 10.8. The molecule has 0 spiro atoms. The van der Waals surface area contributed by atoms with E-state index in [2.05, 4.69) is 0 Å². The van der Waals surface area contributed by atoms with E-state index in [1.54, 1.807) is 23.1 Å². The summed E-state index contributed by atoms with van der Waals surface area (Å²) in [6, 6.07) is 18.6. The van der Waals surface area contributed by atoms with E-state index in [-0.39, 0.29) is 11.9 Å². The summed E-state index contributed by atoms with van der Waals surface area (Å²) in [7, 11) is 0. The number of halogens is 2. The zero-order chi connectivity index (χ0) is 20.5. The van der Waals surface area contributed by atoms with Crippen molar-refractivity contribution in [1.29, 1.82) is 0 Å². The van der Waals surface area contributed by atoms with Gasteiger partial charge in [-0.3, -0.25) is 9.69 Å². The fourth-order valence-corrected chi connectivity index (χ4v) is 4.76. The fourth-order valence-electron chi connectivity index (χ4n) is 3.06. The van der Waals surface area contributed by atoms with Crippen LogP contribution in [0.25, 0.3) is 17.4 Å². The van der Waals surface area contributed by atoms with Gasteiger partial charge in [0.1, 0.15) is 15.8 Å². The Hall–Kier alpha value is -2.05. The van der Waals surface area contributed by atoms with Crippen molar-refractivity contribution < 1.29 is 9.21 Å². The number of hydrogen-bond donors (Lipinski definition) is 0. The van der Waals surface area contributed by atoms with E-state index < -0.39 is 0 Å². The maximum Gasteiger partial charge on any atom is 0.266 e. The summed E-state index contributed by atoms with van der Waals surface area (Å²) in [4.78, 5) is 15.1. The van der Waals surface area contributed by atoms with Crippen molar-refractivity contribution in [2.75, 3.05) is 0 Å². The molecule has 3 aromatic rings. The minimum atomic E-state index is -0.141. The number of amides is 1. The second kappa shape index (κ2) is 8.36. The molecule has 1 aliphatic heterocycles. The summed E-state index contributed by atoms with van der Waals surface area (Å²) in [5.74, 6) is 1.09. The Balaban J connectivity index is 1.58. The van der Waals surface area contributed by atoms with Gasteiger partial charge in [-0.05, 0) is 42.8 Å². The standard InChI is InChI=1S/C22H15Cl2NO2S2/c1-13(14-5-3-2-4-6-14)25-21(26)20(29-22(25)28)12-16-8-10-19(27-16)15-7-9-17(23)18(24)11-15/h2-13H,1H3/b20-12-. The zero-order valence-corrected chi connectivity index (χ0v) is 18.4. The highest BCUT2D eigenvalue weighted by atomic mass is 35.5. The van der Waals surface area contributed by atoms with E-state index in [1.165, 1.54) is 11.8 Å². The fraction of sp³-hybridized carbons (Fsp3) is 0.0909. The molecule has 3 nitrogen and oxygen atoms in total. The number of thiocarbonyl (C=S) groups is 1. The lowest BCUT2D eigenvalue weighted by atomic mass is 10.1. The van der Waals surface area contributed by atoms with E-state index in [4.69, 9.17) is 39.8 Å².